The van der Waals surface area contributed by atoms with E-state index in [-0.39, 0.29) is 0 Å². The molecular weight excluding hydrogens is 258 g/mol. The van der Waals surface area contributed by atoms with Crippen LogP contribution in [-0.4, -0.2) is 28.1 Å². The zero-order valence-corrected chi connectivity index (χ0v) is 12.6. The molecule has 0 aromatic carbocycles. The minimum atomic E-state index is 0.368. The van der Waals surface area contributed by atoms with E-state index >= 15 is 0 Å². The van der Waals surface area contributed by atoms with Gasteiger partial charge in [0.1, 0.15) is 0 Å². The molecule has 0 saturated carbocycles. The second-order valence-electron chi connectivity index (χ2n) is 5.36. The molecule has 2 unspecified atom stereocenters. The topological polar surface area (TPSA) is 38.6 Å². The standard InChI is InChI=1S/C14H21N3OS/c1-9-8-19-14-16-10(2)12(17(9)14)7-15-11(3)13-5-4-6-18-13/h8,11,13,15H,4-7H2,1-3H3. The largest absolute Gasteiger partial charge is 0.377 e. The Morgan fingerprint density at radius 1 is 1.58 bits per heavy atom. The normalized spacial score (nSPS) is 21.3. The predicted molar refractivity (Wildman–Crippen MR) is 77.8 cm³/mol. The maximum Gasteiger partial charge on any atom is 0.194 e. The molecule has 0 spiro atoms. The molecule has 0 amide bonds. The Bertz CT molecular complexity index is 569. The lowest BCUT2D eigenvalue weighted by atomic mass is 10.1. The van der Waals surface area contributed by atoms with Crippen LogP contribution in [0.25, 0.3) is 4.96 Å². The maximum absolute atomic E-state index is 5.73. The first-order valence-corrected chi connectivity index (χ1v) is 7.82. The SMILES string of the molecule is Cc1nc2scc(C)n2c1CNC(C)C1CCCO1. The van der Waals surface area contributed by atoms with E-state index in [0.717, 1.165) is 23.8 Å². The Labute approximate surface area is 117 Å². The van der Waals surface area contributed by atoms with Crippen molar-refractivity contribution in [2.75, 3.05) is 6.61 Å². The van der Waals surface area contributed by atoms with Gasteiger partial charge in [0, 0.05) is 30.3 Å². The molecule has 0 radical (unpaired) electrons. The molecule has 3 heterocycles. The first kappa shape index (κ1) is 13.1. The second kappa shape index (κ2) is 5.23. The van der Waals surface area contributed by atoms with Gasteiger partial charge in [-0.25, -0.2) is 4.98 Å². The molecule has 1 saturated heterocycles. The molecule has 0 aliphatic carbocycles. The molecule has 2 aromatic rings. The van der Waals surface area contributed by atoms with Crippen molar-refractivity contribution in [3.8, 4) is 0 Å². The third-order valence-electron chi connectivity index (χ3n) is 3.94. The van der Waals surface area contributed by atoms with Crippen molar-refractivity contribution in [1.29, 1.82) is 0 Å². The highest BCUT2D eigenvalue weighted by atomic mass is 32.1. The highest BCUT2D eigenvalue weighted by molar-refractivity contribution is 7.15. The predicted octanol–water partition coefficient (Wildman–Crippen LogP) is 2.67. The van der Waals surface area contributed by atoms with Gasteiger partial charge in [-0.2, -0.15) is 0 Å². The van der Waals surface area contributed by atoms with Crippen molar-refractivity contribution >= 4 is 16.3 Å². The Morgan fingerprint density at radius 2 is 2.42 bits per heavy atom. The Hall–Kier alpha value is -0.910. The first-order chi connectivity index (χ1) is 9.16. The van der Waals surface area contributed by atoms with Gasteiger partial charge in [0.25, 0.3) is 0 Å². The summed E-state index contributed by atoms with van der Waals surface area (Å²) in [6.07, 6.45) is 2.73. The van der Waals surface area contributed by atoms with Crippen LogP contribution in [0.4, 0.5) is 0 Å². The van der Waals surface area contributed by atoms with Crippen LogP contribution in [0.3, 0.4) is 0 Å². The Balaban J connectivity index is 1.74. The third kappa shape index (κ3) is 2.42. The summed E-state index contributed by atoms with van der Waals surface area (Å²) in [5, 5.41) is 5.76. The summed E-state index contributed by atoms with van der Waals surface area (Å²) in [6, 6.07) is 0.395. The van der Waals surface area contributed by atoms with Gasteiger partial charge in [0.15, 0.2) is 4.96 Å². The number of imidazole rings is 1. The number of nitrogens with zero attached hydrogens (tertiary/aromatic N) is 2. The minimum Gasteiger partial charge on any atom is -0.377 e. The van der Waals surface area contributed by atoms with Gasteiger partial charge < -0.3 is 10.1 Å². The van der Waals surface area contributed by atoms with E-state index in [1.807, 2.05) is 0 Å². The lowest BCUT2D eigenvalue weighted by Crippen LogP contribution is -2.36. The lowest BCUT2D eigenvalue weighted by Gasteiger charge is -2.20. The minimum absolute atomic E-state index is 0.368. The van der Waals surface area contributed by atoms with Crippen molar-refractivity contribution in [3.63, 3.8) is 0 Å². The van der Waals surface area contributed by atoms with Gasteiger partial charge in [-0.15, -0.1) is 11.3 Å². The van der Waals surface area contributed by atoms with Crippen LogP contribution < -0.4 is 5.32 Å². The van der Waals surface area contributed by atoms with Crippen LogP contribution in [0, 0.1) is 13.8 Å². The molecule has 5 heteroatoms. The van der Waals surface area contributed by atoms with Gasteiger partial charge in [-0.05, 0) is 33.6 Å². The maximum atomic E-state index is 5.73. The Kier molecular flexibility index (Phi) is 3.60. The average Bonchev–Trinajstić information content (AvgIpc) is 3.07. The fourth-order valence-electron chi connectivity index (χ4n) is 2.76. The fourth-order valence-corrected chi connectivity index (χ4v) is 3.69. The number of hydrogen-bond acceptors (Lipinski definition) is 4. The summed E-state index contributed by atoms with van der Waals surface area (Å²) >= 11 is 1.71. The van der Waals surface area contributed by atoms with Gasteiger partial charge >= 0.3 is 0 Å². The molecule has 104 valence electrons. The number of aromatic nitrogens is 2. The Morgan fingerprint density at radius 3 is 3.16 bits per heavy atom. The van der Waals surface area contributed by atoms with Crippen LogP contribution in [-0.2, 0) is 11.3 Å². The third-order valence-corrected chi connectivity index (χ3v) is 4.89. The summed E-state index contributed by atoms with van der Waals surface area (Å²) in [6.45, 7) is 8.20. The zero-order chi connectivity index (χ0) is 13.4. The van der Waals surface area contributed by atoms with Crippen molar-refractivity contribution in [2.24, 2.45) is 0 Å². The number of aryl methyl sites for hydroxylation is 2. The first-order valence-electron chi connectivity index (χ1n) is 6.94. The fraction of sp³-hybridized carbons (Fsp3) is 0.643. The van der Waals surface area contributed by atoms with Gasteiger partial charge in [-0.3, -0.25) is 4.40 Å². The van der Waals surface area contributed by atoms with E-state index in [1.54, 1.807) is 11.3 Å². The molecule has 1 fully saturated rings. The number of rotatable bonds is 4. The van der Waals surface area contributed by atoms with Crippen LogP contribution in [0.15, 0.2) is 5.38 Å². The molecule has 19 heavy (non-hydrogen) atoms. The van der Waals surface area contributed by atoms with Gasteiger partial charge in [0.05, 0.1) is 17.5 Å². The number of nitrogens with one attached hydrogen (secondary N) is 1. The van der Waals surface area contributed by atoms with Crippen molar-refractivity contribution in [2.45, 2.75) is 52.3 Å². The quantitative estimate of drug-likeness (QED) is 0.935. The van der Waals surface area contributed by atoms with E-state index in [2.05, 4.69) is 40.9 Å². The van der Waals surface area contributed by atoms with Gasteiger partial charge in [0.2, 0.25) is 0 Å². The highest BCUT2D eigenvalue weighted by Crippen LogP contribution is 2.21. The molecule has 0 bridgehead atoms. The molecule has 1 aliphatic heterocycles. The lowest BCUT2D eigenvalue weighted by molar-refractivity contribution is 0.0830. The summed E-state index contributed by atoms with van der Waals surface area (Å²) in [7, 11) is 0. The van der Waals surface area contributed by atoms with E-state index in [0.29, 0.717) is 12.1 Å². The van der Waals surface area contributed by atoms with E-state index in [1.165, 1.54) is 24.2 Å². The van der Waals surface area contributed by atoms with Crippen LogP contribution in [0.1, 0.15) is 36.8 Å². The number of ether oxygens (including phenoxy) is 1. The molecule has 2 aromatic heterocycles. The van der Waals surface area contributed by atoms with Crippen LogP contribution >= 0.6 is 11.3 Å². The number of hydrogen-bond donors (Lipinski definition) is 1. The summed E-state index contributed by atoms with van der Waals surface area (Å²) in [4.78, 5) is 5.71. The summed E-state index contributed by atoms with van der Waals surface area (Å²) in [5.74, 6) is 0. The average molecular weight is 279 g/mol. The zero-order valence-electron chi connectivity index (χ0n) is 11.8. The molecule has 2 atom stereocenters. The molecule has 1 aliphatic rings. The molecular formula is C14H21N3OS. The van der Waals surface area contributed by atoms with Crippen molar-refractivity contribution < 1.29 is 4.74 Å². The van der Waals surface area contributed by atoms with Crippen LogP contribution in [0.2, 0.25) is 0 Å². The van der Waals surface area contributed by atoms with E-state index in [4.69, 9.17) is 4.74 Å². The highest BCUT2D eigenvalue weighted by Gasteiger charge is 2.22. The smallest absolute Gasteiger partial charge is 0.194 e. The van der Waals surface area contributed by atoms with E-state index < -0.39 is 0 Å². The molecule has 1 N–H and O–H groups in total. The summed E-state index contributed by atoms with van der Waals surface area (Å²) < 4.78 is 7.99. The van der Waals surface area contributed by atoms with Crippen molar-refractivity contribution in [3.05, 3.63) is 22.5 Å². The van der Waals surface area contributed by atoms with Crippen molar-refractivity contribution in [1.82, 2.24) is 14.7 Å². The molecule has 4 nitrogen and oxygen atoms in total. The monoisotopic (exact) mass is 279 g/mol. The van der Waals surface area contributed by atoms with Gasteiger partial charge in [-0.1, -0.05) is 0 Å². The van der Waals surface area contributed by atoms with Crippen LogP contribution in [0.5, 0.6) is 0 Å². The molecule has 3 rings (SSSR count). The van der Waals surface area contributed by atoms with E-state index in [9.17, 15) is 0 Å². The summed E-state index contributed by atoms with van der Waals surface area (Å²) in [5.41, 5.74) is 3.67. The number of fused-ring (bicyclic) bond motifs is 1. The number of thiazole rings is 1. The second-order valence-corrected chi connectivity index (χ2v) is 6.20.